The van der Waals surface area contributed by atoms with Crippen LogP contribution in [0.15, 0.2) is 16.3 Å². The Labute approximate surface area is 132 Å². The van der Waals surface area contributed by atoms with Gasteiger partial charge in [-0.3, -0.25) is 0 Å². The quantitative estimate of drug-likeness (QED) is 0.770. The topological polar surface area (TPSA) is 58.2 Å². The summed E-state index contributed by atoms with van der Waals surface area (Å²) in [6, 6.07) is 1.72. The van der Waals surface area contributed by atoms with Gasteiger partial charge in [-0.05, 0) is 42.7 Å². The third-order valence-electron chi connectivity index (χ3n) is 4.58. The molecule has 0 amide bonds. The zero-order valence-electron chi connectivity index (χ0n) is 12.9. The Morgan fingerprint density at radius 1 is 1.29 bits per heavy atom. The maximum absolute atomic E-state index is 12.6. The van der Waals surface area contributed by atoms with E-state index in [1.807, 2.05) is 12.3 Å². The van der Waals surface area contributed by atoms with Crippen molar-refractivity contribution in [2.75, 3.05) is 13.1 Å². The lowest BCUT2D eigenvalue weighted by Crippen LogP contribution is -2.35. The SMILES string of the molecule is CCNCc1sccc1S(=O)(=O)NCC1(CC)CCCC1. The molecular formula is C15H26N2O2S2. The fourth-order valence-corrected chi connectivity index (χ4v) is 5.61. The van der Waals surface area contributed by atoms with Crippen LogP contribution in [0.4, 0.5) is 0 Å². The number of nitrogens with one attached hydrogen (secondary N) is 2. The van der Waals surface area contributed by atoms with E-state index in [9.17, 15) is 8.42 Å². The van der Waals surface area contributed by atoms with Crippen LogP contribution in [0.3, 0.4) is 0 Å². The summed E-state index contributed by atoms with van der Waals surface area (Å²) in [4.78, 5) is 1.33. The summed E-state index contributed by atoms with van der Waals surface area (Å²) in [6.07, 6.45) is 5.77. The Bertz CT molecular complexity index is 546. The van der Waals surface area contributed by atoms with E-state index in [1.165, 1.54) is 24.2 Å². The Balaban J connectivity index is 2.06. The molecule has 4 nitrogen and oxygen atoms in total. The first-order valence-electron chi connectivity index (χ1n) is 7.80. The molecule has 1 aliphatic carbocycles. The van der Waals surface area contributed by atoms with E-state index in [0.717, 1.165) is 30.7 Å². The molecule has 6 heteroatoms. The van der Waals surface area contributed by atoms with E-state index in [4.69, 9.17) is 0 Å². The standard InChI is InChI=1S/C15H26N2O2S2/c1-3-15(8-5-6-9-15)12-17-21(18,19)14-7-10-20-13(14)11-16-4-2/h7,10,16-17H,3-6,8-9,11-12H2,1-2H3. The van der Waals surface area contributed by atoms with Gasteiger partial charge in [-0.15, -0.1) is 11.3 Å². The van der Waals surface area contributed by atoms with Gasteiger partial charge in [0.15, 0.2) is 0 Å². The summed E-state index contributed by atoms with van der Waals surface area (Å²) < 4.78 is 28.0. The molecule has 0 spiro atoms. The van der Waals surface area contributed by atoms with Crippen LogP contribution in [0, 0.1) is 5.41 Å². The molecule has 0 radical (unpaired) electrons. The minimum absolute atomic E-state index is 0.172. The molecule has 1 aromatic rings. The van der Waals surface area contributed by atoms with Crippen molar-refractivity contribution in [3.05, 3.63) is 16.3 Å². The summed E-state index contributed by atoms with van der Waals surface area (Å²) >= 11 is 1.50. The van der Waals surface area contributed by atoms with Gasteiger partial charge in [0.2, 0.25) is 10.0 Å². The average Bonchev–Trinajstić information content (AvgIpc) is 3.13. The second-order valence-electron chi connectivity index (χ2n) is 5.87. The Morgan fingerprint density at radius 2 is 2.00 bits per heavy atom. The molecule has 1 aromatic heterocycles. The highest BCUT2D eigenvalue weighted by Crippen LogP contribution is 2.40. The predicted octanol–water partition coefficient (Wildman–Crippen LogP) is 3.11. The molecule has 0 bridgehead atoms. The monoisotopic (exact) mass is 330 g/mol. The van der Waals surface area contributed by atoms with Crippen molar-refractivity contribution in [3.63, 3.8) is 0 Å². The van der Waals surface area contributed by atoms with Gasteiger partial charge in [0.05, 0.1) is 4.90 Å². The van der Waals surface area contributed by atoms with Gasteiger partial charge in [-0.25, -0.2) is 13.1 Å². The first kappa shape index (κ1) is 16.9. The number of thiophene rings is 1. The van der Waals surface area contributed by atoms with Crippen molar-refractivity contribution < 1.29 is 8.42 Å². The van der Waals surface area contributed by atoms with Crippen LogP contribution in [-0.4, -0.2) is 21.5 Å². The van der Waals surface area contributed by atoms with Crippen LogP contribution in [0.25, 0.3) is 0 Å². The fraction of sp³-hybridized carbons (Fsp3) is 0.733. The summed E-state index contributed by atoms with van der Waals surface area (Å²) in [7, 11) is -3.39. The predicted molar refractivity (Wildman–Crippen MR) is 88.1 cm³/mol. The van der Waals surface area contributed by atoms with Crippen molar-refractivity contribution in [2.24, 2.45) is 5.41 Å². The first-order chi connectivity index (χ1) is 10.0. The van der Waals surface area contributed by atoms with E-state index in [-0.39, 0.29) is 5.41 Å². The second kappa shape index (κ2) is 7.22. The van der Waals surface area contributed by atoms with Gasteiger partial charge in [-0.1, -0.05) is 26.7 Å². The van der Waals surface area contributed by atoms with Crippen LogP contribution < -0.4 is 10.0 Å². The minimum atomic E-state index is -3.39. The molecule has 1 fully saturated rings. The molecule has 0 saturated heterocycles. The largest absolute Gasteiger partial charge is 0.312 e. The Hall–Kier alpha value is -0.430. The number of rotatable bonds is 8. The molecule has 120 valence electrons. The summed E-state index contributed by atoms with van der Waals surface area (Å²) in [6.45, 7) is 6.21. The van der Waals surface area contributed by atoms with Crippen LogP contribution in [0.1, 0.15) is 50.8 Å². The van der Waals surface area contributed by atoms with Crippen molar-refractivity contribution >= 4 is 21.4 Å². The van der Waals surface area contributed by atoms with Crippen molar-refractivity contribution in [3.8, 4) is 0 Å². The second-order valence-corrected chi connectivity index (χ2v) is 8.61. The lowest BCUT2D eigenvalue weighted by Gasteiger charge is -2.27. The van der Waals surface area contributed by atoms with Crippen molar-refractivity contribution in [2.45, 2.75) is 57.4 Å². The van der Waals surface area contributed by atoms with E-state index in [0.29, 0.717) is 18.0 Å². The molecular weight excluding hydrogens is 304 g/mol. The molecule has 2 rings (SSSR count). The van der Waals surface area contributed by atoms with Gasteiger partial charge in [0, 0.05) is 18.0 Å². The van der Waals surface area contributed by atoms with E-state index in [2.05, 4.69) is 17.0 Å². The molecule has 1 heterocycles. The van der Waals surface area contributed by atoms with E-state index in [1.54, 1.807) is 6.07 Å². The third-order valence-corrected chi connectivity index (χ3v) is 7.12. The highest BCUT2D eigenvalue weighted by Gasteiger charge is 2.33. The lowest BCUT2D eigenvalue weighted by atomic mass is 9.84. The van der Waals surface area contributed by atoms with E-state index < -0.39 is 10.0 Å². The molecule has 0 unspecified atom stereocenters. The normalized spacial score (nSPS) is 18.2. The average molecular weight is 331 g/mol. The molecule has 0 atom stereocenters. The van der Waals surface area contributed by atoms with Gasteiger partial charge < -0.3 is 5.32 Å². The smallest absolute Gasteiger partial charge is 0.241 e. The molecule has 2 N–H and O–H groups in total. The molecule has 0 aliphatic heterocycles. The minimum Gasteiger partial charge on any atom is -0.312 e. The van der Waals surface area contributed by atoms with E-state index >= 15 is 0 Å². The van der Waals surface area contributed by atoms with Gasteiger partial charge in [-0.2, -0.15) is 0 Å². The maximum Gasteiger partial charge on any atom is 0.241 e. The number of hydrogen-bond donors (Lipinski definition) is 2. The highest BCUT2D eigenvalue weighted by molar-refractivity contribution is 7.89. The van der Waals surface area contributed by atoms with Crippen LogP contribution in [0.2, 0.25) is 0 Å². The van der Waals surface area contributed by atoms with Crippen molar-refractivity contribution in [1.82, 2.24) is 10.0 Å². The molecule has 0 aromatic carbocycles. The van der Waals surface area contributed by atoms with Gasteiger partial charge in [0.25, 0.3) is 0 Å². The van der Waals surface area contributed by atoms with Crippen LogP contribution in [0.5, 0.6) is 0 Å². The number of hydrogen-bond acceptors (Lipinski definition) is 4. The first-order valence-corrected chi connectivity index (χ1v) is 10.2. The summed E-state index contributed by atoms with van der Waals surface area (Å²) in [5.41, 5.74) is 0.172. The summed E-state index contributed by atoms with van der Waals surface area (Å²) in [5, 5.41) is 5.05. The number of sulfonamides is 1. The summed E-state index contributed by atoms with van der Waals surface area (Å²) in [5.74, 6) is 0. The Morgan fingerprint density at radius 3 is 2.62 bits per heavy atom. The molecule has 1 saturated carbocycles. The maximum atomic E-state index is 12.6. The Kier molecular flexibility index (Phi) is 5.82. The van der Waals surface area contributed by atoms with Gasteiger partial charge in [0.1, 0.15) is 0 Å². The third kappa shape index (κ3) is 4.06. The van der Waals surface area contributed by atoms with Crippen molar-refractivity contribution in [1.29, 1.82) is 0 Å². The molecule has 1 aliphatic rings. The zero-order chi connectivity index (χ0) is 15.3. The van der Waals surface area contributed by atoms with Gasteiger partial charge >= 0.3 is 0 Å². The zero-order valence-corrected chi connectivity index (χ0v) is 14.6. The fourth-order valence-electron chi connectivity index (χ4n) is 3.04. The molecule has 21 heavy (non-hydrogen) atoms. The lowest BCUT2D eigenvalue weighted by molar-refractivity contribution is 0.285. The van der Waals surface area contributed by atoms with Crippen LogP contribution in [-0.2, 0) is 16.6 Å². The van der Waals surface area contributed by atoms with Crippen LogP contribution >= 0.6 is 11.3 Å². The highest BCUT2D eigenvalue weighted by atomic mass is 32.2.